The quantitative estimate of drug-likeness (QED) is 0.539. The lowest BCUT2D eigenvalue weighted by molar-refractivity contribution is -0.111. The molecule has 0 aromatic heterocycles. The molecule has 1 N–H and O–H groups in total. The summed E-state index contributed by atoms with van der Waals surface area (Å²) in [6, 6.07) is 23.8. The van der Waals surface area contributed by atoms with Crippen LogP contribution in [-0.2, 0) is 9.63 Å². The molecule has 0 aliphatic carbocycles. The van der Waals surface area contributed by atoms with Crippen molar-refractivity contribution >= 4 is 34.8 Å². The number of fused-ring (bicyclic) bond motifs is 1. The molecule has 3 aromatic rings. The third kappa shape index (κ3) is 3.35. The van der Waals surface area contributed by atoms with Crippen LogP contribution in [0.25, 0.3) is 0 Å². The van der Waals surface area contributed by atoms with Gasteiger partial charge in [0, 0.05) is 16.9 Å². The molecule has 138 valence electrons. The van der Waals surface area contributed by atoms with E-state index in [2.05, 4.69) is 10.5 Å². The molecule has 28 heavy (non-hydrogen) atoms. The SMILES string of the molecule is Cc1ccc(NC(=O)O/N=C2\C(=O)N(c3ccccc3)c3ccccc32)cc1. The highest BCUT2D eigenvalue weighted by atomic mass is 16.7. The highest BCUT2D eigenvalue weighted by molar-refractivity contribution is 6.55. The second kappa shape index (κ2) is 7.36. The lowest BCUT2D eigenvalue weighted by Gasteiger charge is -2.16. The number of carbonyl (C=O) groups excluding carboxylic acids is 2. The molecule has 4 rings (SSSR count). The van der Waals surface area contributed by atoms with Gasteiger partial charge in [-0.05, 0) is 37.3 Å². The minimum absolute atomic E-state index is 0.0820. The Morgan fingerprint density at radius 3 is 2.36 bits per heavy atom. The summed E-state index contributed by atoms with van der Waals surface area (Å²) in [5.41, 5.74) is 3.76. The average Bonchev–Trinajstić information content (AvgIpc) is 3.00. The number of aryl methyl sites for hydroxylation is 1. The summed E-state index contributed by atoms with van der Waals surface area (Å²) in [7, 11) is 0. The molecule has 0 radical (unpaired) electrons. The number of hydrogen-bond acceptors (Lipinski definition) is 4. The van der Waals surface area contributed by atoms with Gasteiger partial charge < -0.3 is 0 Å². The van der Waals surface area contributed by atoms with Crippen molar-refractivity contribution in [2.45, 2.75) is 6.92 Å². The van der Waals surface area contributed by atoms with E-state index in [4.69, 9.17) is 4.84 Å². The average molecular weight is 371 g/mol. The minimum atomic E-state index is -0.764. The van der Waals surface area contributed by atoms with Crippen LogP contribution >= 0.6 is 0 Å². The molecule has 0 saturated carbocycles. The third-order valence-corrected chi connectivity index (χ3v) is 4.34. The summed E-state index contributed by atoms with van der Waals surface area (Å²) in [5.74, 6) is -0.351. The Kier molecular flexibility index (Phi) is 4.60. The van der Waals surface area contributed by atoms with Crippen molar-refractivity contribution in [3.63, 3.8) is 0 Å². The van der Waals surface area contributed by atoms with Crippen LogP contribution in [0.2, 0.25) is 0 Å². The zero-order chi connectivity index (χ0) is 19.5. The molecule has 0 fully saturated rings. The first-order valence-electron chi connectivity index (χ1n) is 8.75. The standard InChI is InChI=1S/C22H17N3O3/c1-15-11-13-16(14-12-15)23-22(27)28-24-20-18-9-5-6-10-19(18)25(21(20)26)17-7-3-2-4-8-17/h2-14H,1H3,(H,23,27)/b24-20-. The molecular weight excluding hydrogens is 354 g/mol. The zero-order valence-electron chi connectivity index (χ0n) is 15.1. The molecule has 1 aliphatic rings. The van der Waals surface area contributed by atoms with Crippen molar-refractivity contribution in [3.8, 4) is 0 Å². The van der Waals surface area contributed by atoms with Gasteiger partial charge in [0.15, 0.2) is 5.71 Å². The number of nitrogens with one attached hydrogen (secondary N) is 1. The highest BCUT2D eigenvalue weighted by Crippen LogP contribution is 2.35. The van der Waals surface area contributed by atoms with Crippen LogP contribution in [0.1, 0.15) is 11.1 Å². The predicted molar refractivity (Wildman–Crippen MR) is 108 cm³/mol. The Labute approximate surface area is 162 Å². The van der Waals surface area contributed by atoms with Gasteiger partial charge in [-0.15, -0.1) is 0 Å². The first-order chi connectivity index (χ1) is 13.6. The fourth-order valence-corrected chi connectivity index (χ4v) is 2.99. The van der Waals surface area contributed by atoms with Crippen molar-refractivity contribution in [2.24, 2.45) is 5.16 Å². The van der Waals surface area contributed by atoms with E-state index in [1.807, 2.05) is 67.6 Å². The van der Waals surface area contributed by atoms with E-state index in [0.29, 0.717) is 22.6 Å². The van der Waals surface area contributed by atoms with Crippen LogP contribution in [-0.4, -0.2) is 17.7 Å². The topological polar surface area (TPSA) is 71.0 Å². The molecule has 1 aliphatic heterocycles. The summed E-state index contributed by atoms with van der Waals surface area (Å²) >= 11 is 0. The van der Waals surface area contributed by atoms with E-state index in [0.717, 1.165) is 5.56 Å². The normalized spacial score (nSPS) is 14.1. The van der Waals surface area contributed by atoms with E-state index in [1.54, 1.807) is 23.1 Å². The fourth-order valence-electron chi connectivity index (χ4n) is 2.99. The van der Waals surface area contributed by atoms with E-state index >= 15 is 0 Å². The van der Waals surface area contributed by atoms with Gasteiger partial charge in [0.05, 0.1) is 5.69 Å². The number of amides is 2. The van der Waals surface area contributed by atoms with Crippen LogP contribution in [0.5, 0.6) is 0 Å². The second-order valence-electron chi connectivity index (χ2n) is 6.30. The Morgan fingerprint density at radius 2 is 1.61 bits per heavy atom. The number of carbonyl (C=O) groups is 2. The van der Waals surface area contributed by atoms with E-state index in [1.165, 1.54) is 0 Å². The maximum atomic E-state index is 13.0. The van der Waals surface area contributed by atoms with Crippen LogP contribution in [0, 0.1) is 6.92 Å². The van der Waals surface area contributed by atoms with Crippen molar-refractivity contribution in [2.75, 3.05) is 10.2 Å². The molecule has 6 heteroatoms. The number of oxime groups is 1. The summed E-state index contributed by atoms with van der Waals surface area (Å²) in [6.07, 6.45) is -0.764. The first-order valence-corrected chi connectivity index (χ1v) is 8.75. The van der Waals surface area contributed by atoms with Gasteiger partial charge in [-0.3, -0.25) is 19.8 Å². The van der Waals surface area contributed by atoms with Gasteiger partial charge in [0.1, 0.15) is 0 Å². The number of anilines is 3. The maximum Gasteiger partial charge on any atom is 0.437 e. The zero-order valence-corrected chi connectivity index (χ0v) is 15.1. The van der Waals surface area contributed by atoms with E-state index < -0.39 is 6.09 Å². The van der Waals surface area contributed by atoms with Crippen LogP contribution in [0.3, 0.4) is 0 Å². The smallest absolute Gasteiger partial charge is 0.297 e. The molecule has 0 saturated heterocycles. The van der Waals surface area contributed by atoms with Gasteiger partial charge >= 0.3 is 6.09 Å². The Bertz CT molecular complexity index is 1060. The molecule has 0 spiro atoms. The summed E-state index contributed by atoms with van der Waals surface area (Å²) in [6.45, 7) is 1.95. The van der Waals surface area contributed by atoms with E-state index in [-0.39, 0.29) is 11.6 Å². The third-order valence-electron chi connectivity index (χ3n) is 4.34. The molecule has 0 bridgehead atoms. The monoisotopic (exact) mass is 371 g/mol. The molecule has 0 unspecified atom stereocenters. The molecule has 6 nitrogen and oxygen atoms in total. The lowest BCUT2D eigenvalue weighted by atomic mass is 10.1. The predicted octanol–water partition coefficient (Wildman–Crippen LogP) is 4.63. The molecule has 3 aromatic carbocycles. The number of rotatable bonds is 3. The van der Waals surface area contributed by atoms with Crippen molar-refractivity contribution in [3.05, 3.63) is 90.0 Å². The van der Waals surface area contributed by atoms with Gasteiger partial charge in [0.2, 0.25) is 0 Å². The Balaban J connectivity index is 1.58. The fraction of sp³-hybridized carbons (Fsp3) is 0.0455. The summed E-state index contributed by atoms with van der Waals surface area (Å²) in [5, 5.41) is 6.43. The van der Waals surface area contributed by atoms with Gasteiger partial charge in [-0.1, -0.05) is 59.3 Å². The second-order valence-corrected chi connectivity index (χ2v) is 6.30. The highest BCUT2D eigenvalue weighted by Gasteiger charge is 2.35. The number of nitrogens with zero attached hydrogens (tertiary/aromatic N) is 2. The lowest BCUT2D eigenvalue weighted by Crippen LogP contribution is -2.26. The molecule has 2 amide bonds. The van der Waals surface area contributed by atoms with Crippen molar-refractivity contribution in [1.29, 1.82) is 0 Å². The molecule has 0 atom stereocenters. The van der Waals surface area contributed by atoms with Crippen LogP contribution in [0.4, 0.5) is 21.9 Å². The Morgan fingerprint density at radius 1 is 0.929 bits per heavy atom. The molecular formula is C22H17N3O3. The van der Waals surface area contributed by atoms with Crippen LogP contribution in [0.15, 0.2) is 84.0 Å². The summed E-state index contributed by atoms with van der Waals surface area (Å²) in [4.78, 5) is 31.5. The van der Waals surface area contributed by atoms with Gasteiger partial charge in [-0.25, -0.2) is 4.79 Å². The van der Waals surface area contributed by atoms with Crippen molar-refractivity contribution < 1.29 is 14.4 Å². The Hall–Kier alpha value is -3.93. The largest absolute Gasteiger partial charge is 0.437 e. The van der Waals surface area contributed by atoms with Gasteiger partial charge in [0.25, 0.3) is 5.91 Å². The van der Waals surface area contributed by atoms with Crippen LogP contribution < -0.4 is 10.2 Å². The van der Waals surface area contributed by atoms with Gasteiger partial charge in [-0.2, -0.15) is 0 Å². The van der Waals surface area contributed by atoms with E-state index in [9.17, 15) is 9.59 Å². The number of benzene rings is 3. The minimum Gasteiger partial charge on any atom is -0.297 e. The first kappa shape index (κ1) is 17.5. The number of para-hydroxylation sites is 2. The summed E-state index contributed by atoms with van der Waals surface area (Å²) < 4.78 is 0. The van der Waals surface area contributed by atoms with Crippen molar-refractivity contribution in [1.82, 2.24) is 0 Å². The number of hydrogen-bond donors (Lipinski definition) is 1. The maximum absolute atomic E-state index is 13.0. The molecule has 1 heterocycles.